The minimum atomic E-state index is -4.38. The summed E-state index contributed by atoms with van der Waals surface area (Å²) in [6.07, 6.45) is 2.84. The smallest absolute Gasteiger partial charge is 0.339 e. The van der Waals surface area contributed by atoms with Crippen LogP contribution in [0.4, 0.5) is 11.5 Å². The monoisotopic (exact) mass is 570 g/mol. The molecule has 0 amide bonds. The van der Waals surface area contributed by atoms with Crippen molar-refractivity contribution in [1.82, 2.24) is 9.38 Å². The topological polar surface area (TPSA) is 116 Å². The maximum absolute atomic E-state index is 13.0. The standard InChI is InChI=1S/C28H31ClN4O5S/c1-18-12-13-32-24(14-18)30-25(26(32)31-28(5,6)17-27(2,3)4)19-8-7-9-20(15-19)38-39(36,37)21-10-11-22(29)23(16-21)33(34)35/h7-16,31H,17H2,1-6H3. The highest BCUT2D eigenvalue weighted by atomic mass is 35.5. The van der Waals surface area contributed by atoms with Crippen molar-refractivity contribution in [3.8, 4) is 17.0 Å². The van der Waals surface area contributed by atoms with Crippen LogP contribution < -0.4 is 9.50 Å². The molecule has 39 heavy (non-hydrogen) atoms. The largest absolute Gasteiger partial charge is 0.379 e. The van der Waals surface area contributed by atoms with Crippen molar-refractivity contribution < 1.29 is 17.5 Å². The Morgan fingerprint density at radius 2 is 1.79 bits per heavy atom. The normalized spacial score (nSPS) is 12.5. The molecule has 4 rings (SSSR count). The molecule has 2 heterocycles. The lowest BCUT2D eigenvalue weighted by Gasteiger charge is -2.34. The fourth-order valence-corrected chi connectivity index (χ4v) is 5.95. The molecule has 0 bridgehead atoms. The number of aromatic nitrogens is 2. The molecular formula is C28H31ClN4O5S. The van der Waals surface area contributed by atoms with E-state index in [0.717, 1.165) is 41.6 Å². The minimum absolute atomic E-state index is 0.0400. The van der Waals surface area contributed by atoms with Gasteiger partial charge in [0.25, 0.3) is 5.69 Å². The van der Waals surface area contributed by atoms with Crippen LogP contribution in [0.15, 0.2) is 65.7 Å². The van der Waals surface area contributed by atoms with Gasteiger partial charge in [-0.3, -0.25) is 14.5 Å². The molecule has 11 heteroatoms. The number of aryl methyl sites for hydroxylation is 1. The van der Waals surface area contributed by atoms with Crippen LogP contribution in [0.2, 0.25) is 5.02 Å². The number of nitrogens with one attached hydrogen (secondary N) is 1. The molecule has 206 valence electrons. The molecule has 9 nitrogen and oxygen atoms in total. The van der Waals surface area contributed by atoms with E-state index in [0.29, 0.717) is 11.3 Å². The van der Waals surface area contributed by atoms with E-state index in [1.807, 2.05) is 35.7 Å². The summed E-state index contributed by atoms with van der Waals surface area (Å²) in [4.78, 5) is 15.0. The predicted octanol–water partition coefficient (Wildman–Crippen LogP) is 7.27. The number of halogens is 1. The lowest BCUT2D eigenvalue weighted by atomic mass is 9.82. The number of nitro groups is 1. The predicted molar refractivity (Wildman–Crippen MR) is 153 cm³/mol. The van der Waals surface area contributed by atoms with Crippen LogP contribution in [-0.4, -0.2) is 28.3 Å². The molecular weight excluding hydrogens is 540 g/mol. The minimum Gasteiger partial charge on any atom is -0.379 e. The van der Waals surface area contributed by atoms with Crippen molar-refractivity contribution >= 4 is 38.9 Å². The quantitative estimate of drug-likeness (QED) is 0.134. The van der Waals surface area contributed by atoms with Crippen LogP contribution in [0.3, 0.4) is 0 Å². The van der Waals surface area contributed by atoms with E-state index in [9.17, 15) is 18.5 Å². The van der Waals surface area contributed by atoms with E-state index < -0.39 is 20.7 Å². The zero-order valence-corrected chi connectivity index (χ0v) is 24.2. The van der Waals surface area contributed by atoms with Gasteiger partial charge in [-0.1, -0.05) is 44.5 Å². The van der Waals surface area contributed by atoms with Crippen LogP contribution >= 0.6 is 11.6 Å². The molecule has 0 saturated carbocycles. The third-order valence-corrected chi connectivity index (χ3v) is 7.49. The first-order chi connectivity index (χ1) is 18.0. The first kappa shape index (κ1) is 28.4. The molecule has 0 aliphatic heterocycles. The molecule has 0 unspecified atom stereocenters. The number of benzene rings is 2. The maximum Gasteiger partial charge on any atom is 0.339 e. The van der Waals surface area contributed by atoms with Crippen molar-refractivity contribution in [2.45, 2.75) is 58.4 Å². The number of fused-ring (bicyclic) bond motifs is 1. The van der Waals surface area contributed by atoms with E-state index in [4.69, 9.17) is 20.8 Å². The number of pyridine rings is 1. The summed E-state index contributed by atoms with van der Waals surface area (Å²) in [6.45, 7) is 12.8. The highest BCUT2D eigenvalue weighted by molar-refractivity contribution is 7.87. The van der Waals surface area contributed by atoms with Crippen LogP contribution in [0.1, 0.15) is 46.6 Å². The number of rotatable bonds is 8. The van der Waals surface area contributed by atoms with E-state index in [1.165, 1.54) is 6.07 Å². The number of imidazole rings is 1. The van der Waals surface area contributed by atoms with Gasteiger partial charge in [0.15, 0.2) is 0 Å². The molecule has 0 saturated heterocycles. The summed E-state index contributed by atoms with van der Waals surface area (Å²) in [5.41, 5.74) is 2.34. The van der Waals surface area contributed by atoms with Crippen molar-refractivity contribution in [3.63, 3.8) is 0 Å². The van der Waals surface area contributed by atoms with Gasteiger partial charge in [-0.15, -0.1) is 0 Å². The highest BCUT2D eigenvalue weighted by Crippen LogP contribution is 2.36. The number of hydrogen-bond donors (Lipinski definition) is 1. The van der Waals surface area contributed by atoms with Gasteiger partial charge in [0.2, 0.25) is 0 Å². The van der Waals surface area contributed by atoms with Crippen LogP contribution in [0.25, 0.3) is 16.9 Å². The maximum atomic E-state index is 13.0. The summed E-state index contributed by atoms with van der Waals surface area (Å²) in [5.74, 6) is 0.811. The molecule has 2 aromatic carbocycles. The van der Waals surface area contributed by atoms with Gasteiger partial charge in [0.1, 0.15) is 32.8 Å². The average Bonchev–Trinajstić information content (AvgIpc) is 3.13. The first-order valence-electron chi connectivity index (χ1n) is 12.3. The Kier molecular flexibility index (Phi) is 7.39. The molecule has 0 aliphatic carbocycles. The summed E-state index contributed by atoms with van der Waals surface area (Å²) in [5, 5.41) is 14.7. The van der Waals surface area contributed by atoms with Crippen LogP contribution in [0, 0.1) is 22.5 Å². The molecule has 0 fully saturated rings. The second-order valence-corrected chi connectivity index (χ2v) is 13.4. The molecule has 0 aliphatic rings. The molecule has 4 aromatic rings. The summed E-state index contributed by atoms with van der Waals surface area (Å²) in [6, 6.07) is 13.8. The van der Waals surface area contributed by atoms with Crippen LogP contribution in [-0.2, 0) is 10.1 Å². The van der Waals surface area contributed by atoms with Crippen molar-refractivity contribution in [1.29, 1.82) is 0 Å². The molecule has 0 radical (unpaired) electrons. The lowest BCUT2D eigenvalue weighted by molar-refractivity contribution is -0.384. The van der Waals surface area contributed by atoms with Gasteiger partial charge in [-0.05, 0) is 74.6 Å². The second kappa shape index (κ2) is 10.2. The zero-order valence-electron chi connectivity index (χ0n) is 22.6. The number of nitro benzene ring substituents is 1. The Morgan fingerprint density at radius 3 is 2.46 bits per heavy atom. The van der Waals surface area contributed by atoms with Gasteiger partial charge in [0.05, 0.1) is 4.92 Å². The van der Waals surface area contributed by atoms with E-state index in [2.05, 4.69) is 39.9 Å². The zero-order chi connectivity index (χ0) is 28.8. The third-order valence-electron chi connectivity index (χ3n) is 5.93. The molecule has 2 aromatic heterocycles. The number of hydrogen-bond acceptors (Lipinski definition) is 7. The Labute approximate surface area is 233 Å². The Bertz CT molecular complexity index is 1670. The fourth-order valence-electron chi connectivity index (χ4n) is 4.82. The second-order valence-electron chi connectivity index (χ2n) is 11.4. The fraction of sp³-hybridized carbons (Fsp3) is 0.321. The third kappa shape index (κ3) is 6.51. The van der Waals surface area contributed by atoms with Crippen molar-refractivity contribution in [3.05, 3.63) is 81.5 Å². The SMILES string of the molecule is Cc1ccn2c(NC(C)(C)CC(C)(C)C)c(-c3cccc(OS(=O)(=O)c4ccc(Cl)c([N+](=O)[O-])c4)c3)nc2c1. The highest BCUT2D eigenvalue weighted by Gasteiger charge is 2.28. The van der Waals surface area contributed by atoms with E-state index >= 15 is 0 Å². The molecule has 0 atom stereocenters. The van der Waals surface area contributed by atoms with Gasteiger partial charge in [-0.2, -0.15) is 8.42 Å². The first-order valence-corrected chi connectivity index (χ1v) is 14.1. The van der Waals surface area contributed by atoms with E-state index in [-0.39, 0.29) is 26.6 Å². The van der Waals surface area contributed by atoms with Crippen LogP contribution in [0.5, 0.6) is 5.75 Å². The van der Waals surface area contributed by atoms with E-state index in [1.54, 1.807) is 12.1 Å². The van der Waals surface area contributed by atoms with Gasteiger partial charge in [-0.25, -0.2) is 4.98 Å². The van der Waals surface area contributed by atoms with Gasteiger partial charge < -0.3 is 9.50 Å². The Balaban J connectivity index is 1.75. The molecule has 0 spiro atoms. The summed E-state index contributed by atoms with van der Waals surface area (Å²) >= 11 is 5.84. The summed E-state index contributed by atoms with van der Waals surface area (Å²) in [7, 11) is -4.38. The van der Waals surface area contributed by atoms with Crippen molar-refractivity contribution in [2.75, 3.05) is 5.32 Å². The Hall–Kier alpha value is -3.63. The lowest BCUT2D eigenvalue weighted by Crippen LogP contribution is -2.36. The number of anilines is 1. The average molecular weight is 571 g/mol. The van der Waals surface area contributed by atoms with Gasteiger partial charge >= 0.3 is 10.1 Å². The van der Waals surface area contributed by atoms with Gasteiger partial charge in [0, 0.05) is 23.4 Å². The van der Waals surface area contributed by atoms with Crippen molar-refractivity contribution in [2.24, 2.45) is 5.41 Å². The molecule has 1 N–H and O–H groups in total. The summed E-state index contributed by atoms with van der Waals surface area (Å²) < 4.78 is 33.3. The number of nitrogens with zero attached hydrogens (tertiary/aromatic N) is 3. The Morgan fingerprint density at radius 1 is 1.08 bits per heavy atom.